The molecule has 0 bridgehead atoms. The van der Waals surface area contributed by atoms with E-state index < -0.39 is 0 Å². The van der Waals surface area contributed by atoms with Gasteiger partial charge in [0.2, 0.25) is 5.78 Å². The van der Waals surface area contributed by atoms with Gasteiger partial charge in [-0.3, -0.25) is 4.40 Å². The van der Waals surface area contributed by atoms with Crippen LogP contribution in [0, 0.1) is 0 Å². The molecular weight excluding hydrogens is 250 g/mol. The standard InChI is InChI=1S/C15H13N5/c1-3-11-5-7-16-14(11)13(4-1)18-9-12-10-20-8-2-6-17-15(20)19-12/h1-8,10,16,18H,9H2. The summed E-state index contributed by atoms with van der Waals surface area (Å²) >= 11 is 0. The summed E-state index contributed by atoms with van der Waals surface area (Å²) in [4.78, 5) is 11.9. The fourth-order valence-electron chi connectivity index (χ4n) is 2.38. The summed E-state index contributed by atoms with van der Waals surface area (Å²) in [5.41, 5.74) is 3.17. The number of anilines is 1. The molecule has 0 unspecified atom stereocenters. The minimum atomic E-state index is 0.668. The van der Waals surface area contributed by atoms with Gasteiger partial charge in [0.25, 0.3) is 0 Å². The van der Waals surface area contributed by atoms with Crippen molar-refractivity contribution in [3.63, 3.8) is 0 Å². The van der Waals surface area contributed by atoms with Gasteiger partial charge in [-0.05, 0) is 18.2 Å². The maximum absolute atomic E-state index is 4.47. The maximum Gasteiger partial charge on any atom is 0.233 e. The van der Waals surface area contributed by atoms with E-state index >= 15 is 0 Å². The van der Waals surface area contributed by atoms with Gasteiger partial charge >= 0.3 is 0 Å². The van der Waals surface area contributed by atoms with Gasteiger partial charge in [0.1, 0.15) is 0 Å². The number of nitrogens with one attached hydrogen (secondary N) is 2. The molecule has 4 rings (SSSR count). The van der Waals surface area contributed by atoms with Gasteiger partial charge in [-0.25, -0.2) is 9.97 Å². The number of aromatic nitrogens is 4. The number of aromatic amines is 1. The SMILES string of the molecule is c1cc(NCc2cn3cccnc3n2)c2[nH]ccc2c1. The van der Waals surface area contributed by atoms with Crippen LogP contribution in [-0.2, 0) is 6.54 Å². The van der Waals surface area contributed by atoms with E-state index in [2.05, 4.69) is 38.5 Å². The molecule has 98 valence electrons. The second-order valence-electron chi connectivity index (χ2n) is 4.66. The Kier molecular flexibility index (Phi) is 2.42. The molecule has 0 saturated carbocycles. The Bertz CT molecular complexity index is 841. The molecule has 0 aliphatic carbocycles. The monoisotopic (exact) mass is 263 g/mol. The summed E-state index contributed by atoms with van der Waals surface area (Å²) in [6, 6.07) is 10.2. The highest BCUT2D eigenvalue weighted by Gasteiger charge is 2.04. The summed E-state index contributed by atoms with van der Waals surface area (Å²) in [6.07, 6.45) is 7.64. The van der Waals surface area contributed by atoms with Crippen LogP contribution in [0.5, 0.6) is 0 Å². The van der Waals surface area contributed by atoms with E-state index in [4.69, 9.17) is 0 Å². The maximum atomic E-state index is 4.47. The van der Waals surface area contributed by atoms with E-state index in [1.165, 1.54) is 5.39 Å². The highest BCUT2D eigenvalue weighted by Crippen LogP contribution is 2.21. The minimum Gasteiger partial charge on any atom is -0.378 e. The van der Waals surface area contributed by atoms with Crippen molar-refractivity contribution >= 4 is 22.4 Å². The van der Waals surface area contributed by atoms with E-state index in [1.54, 1.807) is 6.20 Å². The molecule has 2 N–H and O–H groups in total. The number of imidazole rings is 1. The van der Waals surface area contributed by atoms with Crippen LogP contribution in [0.15, 0.2) is 55.1 Å². The first-order valence-electron chi connectivity index (χ1n) is 6.49. The van der Waals surface area contributed by atoms with Crippen LogP contribution in [0.25, 0.3) is 16.7 Å². The smallest absolute Gasteiger partial charge is 0.233 e. The molecule has 3 aromatic heterocycles. The van der Waals surface area contributed by atoms with Crippen molar-refractivity contribution in [1.29, 1.82) is 0 Å². The fourth-order valence-corrected chi connectivity index (χ4v) is 2.38. The van der Waals surface area contributed by atoms with Gasteiger partial charge < -0.3 is 10.3 Å². The van der Waals surface area contributed by atoms with Gasteiger partial charge in [-0.1, -0.05) is 12.1 Å². The Morgan fingerprint density at radius 1 is 1.20 bits per heavy atom. The molecule has 0 fully saturated rings. The molecule has 0 aliphatic heterocycles. The second kappa shape index (κ2) is 4.38. The Morgan fingerprint density at radius 3 is 3.15 bits per heavy atom. The number of hydrogen-bond donors (Lipinski definition) is 2. The third kappa shape index (κ3) is 1.80. The largest absolute Gasteiger partial charge is 0.378 e. The topological polar surface area (TPSA) is 58.0 Å². The molecule has 20 heavy (non-hydrogen) atoms. The summed E-state index contributed by atoms with van der Waals surface area (Å²) in [7, 11) is 0. The molecule has 0 atom stereocenters. The van der Waals surface area contributed by atoms with Gasteiger partial charge in [0.05, 0.1) is 23.4 Å². The average molecular weight is 263 g/mol. The molecule has 0 saturated heterocycles. The fraction of sp³-hybridized carbons (Fsp3) is 0.0667. The number of hydrogen-bond acceptors (Lipinski definition) is 3. The van der Waals surface area contributed by atoms with Crippen molar-refractivity contribution in [3.8, 4) is 0 Å². The number of fused-ring (bicyclic) bond motifs is 2. The first-order chi connectivity index (χ1) is 9.90. The van der Waals surface area contributed by atoms with Gasteiger partial charge in [-0.2, -0.15) is 0 Å². The Balaban J connectivity index is 1.62. The Labute approximate surface area is 115 Å². The van der Waals surface area contributed by atoms with Crippen LogP contribution in [0.4, 0.5) is 5.69 Å². The third-order valence-electron chi connectivity index (χ3n) is 3.33. The summed E-state index contributed by atoms with van der Waals surface area (Å²) < 4.78 is 1.92. The van der Waals surface area contributed by atoms with E-state index in [9.17, 15) is 0 Å². The zero-order chi connectivity index (χ0) is 13.4. The van der Waals surface area contributed by atoms with E-state index in [0.717, 1.165) is 22.7 Å². The highest BCUT2D eigenvalue weighted by atomic mass is 15.1. The van der Waals surface area contributed by atoms with E-state index in [0.29, 0.717) is 6.54 Å². The van der Waals surface area contributed by atoms with Crippen molar-refractivity contribution in [2.75, 3.05) is 5.32 Å². The molecule has 5 nitrogen and oxygen atoms in total. The zero-order valence-electron chi connectivity index (χ0n) is 10.7. The van der Waals surface area contributed by atoms with Crippen LogP contribution >= 0.6 is 0 Å². The molecule has 3 heterocycles. The number of para-hydroxylation sites is 1. The lowest BCUT2D eigenvalue weighted by molar-refractivity contribution is 1.08. The normalized spacial score (nSPS) is 11.2. The van der Waals surface area contributed by atoms with Gasteiger partial charge in [0, 0.05) is 30.2 Å². The zero-order valence-corrected chi connectivity index (χ0v) is 10.7. The van der Waals surface area contributed by atoms with Crippen molar-refractivity contribution in [2.45, 2.75) is 6.54 Å². The first-order valence-corrected chi connectivity index (χ1v) is 6.49. The van der Waals surface area contributed by atoms with Crippen molar-refractivity contribution in [3.05, 3.63) is 60.8 Å². The van der Waals surface area contributed by atoms with Crippen LogP contribution in [0.2, 0.25) is 0 Å². The van der Waals surface area contributed by atoms with Crippen molar-refractivity contribution in [2.24, 2.45) is 0 Å². The predicted octanol–water partition coefficient (Wildman–Crippen LogP) is 2.82. The quantitative estimate of drug-likeness (QED) is 0.597. The van der Waals surface area contributed by atoms with Crippen molar-refractivity contribution in [1.82, 2.24) is 19.4 Å². The van der Waals surface area contributed by atoms with Crippen LogP contribution < -0.4 is 5.32 Å². The molecule has 0 radical (unpaired) electrons. The van der Waals surface area contributed by atoms with Crippen LogP contribution in [0.1, 0.15) is 5.69 Å². The Hall–Kier alpha value is -2.82. The molecule has 0 amide bonds. The van der Waals surface area contributed by atoms with Crippen LogP contribution in [0.3, 0.4) is 0 Å². The first kappa shape index (κ1) is 11.0. The minimum absolute atomic E-state index is 0.668. The lowest BCUT2D eigenvalue weighted by atomic mass is 10.2. The van der Waals surface area contributed by atoms with Gasteiger partial charge in [-0.15, -0.1) is 0 Å². The molecule has 4 aromatic rings. The summed E-state index contributed by atoms with van der Waals surface area (Å²) in [5.74, 6) is 0.724. The molecule has 1 aromatic carbocycles. The van der Waals surface area contributed by atoms with Crippen molar-refractivity contribution < 1.29 is 0 Å². The lowest BCUT2D eigenvalue weighted by Crippen LogP contribution is -2.00. The van der Waals surface area contributed by atoms with E-state index in [-0.39, 0.29) is 0 Å². The second-order valence-corrected chi connectivity index (χ2v) is 4.66. The number of benzene rings is 1. The lowest BCUT2D eigenvalue weighted by Gasteiger charge is -2.05. The molecule has 0 aliphatic rings. The average Bonchev–Trinajstić information content (AvgIpc) is 3.11. The molecular formula is C15H13N5. The predicted molar refractivity (Wildman–Crippen MR) is 78.6 cm³/mol. The summed E-state index contributed by atoms with van der Waals surface area (Å²) in [6.45, 7) is 0.668. The third-order valence-corrected chi connectivity index (χ3v) is 3.33. The molecule has 5 heteroatoms. The van der Waals surface area contributed by atoms with Gasteiger partial charge in [0.15, 0.2) is 0 Å². The summed E-state index contributed by atoms with van der Waals surface area (Å²) in [5, 5.41) is 4.62. The van der Waals surface area contributed by atoms with Crippen LogP contribution in [-0.4, -0.2) is 19.4 Å². The molecule has 0 spiro atoms. The number of rotatable bonds is 3. The number of H-pyrrole nitrogens is 1. The Morgan fingerprint density at radius 2 is 2.20 bits per heavy atom. The highest BCUT2D eigenvalue weighted by molar-refractivity contribution is 5.90. The van der Waals surface area contributed by atoms with E-state index in [1.807, 2.05) is 35.1 Å². The number of nitrogens with zero attached hydrogens (tertiary/aromatic N) is 3.